The van der Waals surface area contributed by atoms with Crippen molar-refractivity contribution in [1.82, 2.24) is 0 Å². The Morgan fingerprint density at radius 3 is 2.56 bits per heavy atom. The summed E-state index contributed by atoms with van der Waals surface area (Å²) in [6.07, 6.45) is 0.855. The lowest BCUT2D eigenvalue weighted by Crippen LogP contribution is -2.39. The van der Waals surface area contributed by atoms with Crippen molar-refractivity contribution in [3.63, 3.8) is 0 Å². The van der Waals surface area contributed by atoms with Gasteiger partial charge in [-0.3, -0.25) is 0 Å². The molecule has 6 heteroatoms. The van der Waals surface area contributed by atoms with Crippen LogP contribution >= 0.6 is 11.6 Å². The lowest BCUT2D eigenvalue weighted by atomic mass is 9.89. The Kier molecular flexibility index (Phi) is 2.82. The zero-order chi connectivity index (χ0) is 11.9. The Labute approximate surface area is 97.4 Å². The molecule has 1 aliphatic carbocycles. The summed E-state index contributed by atoms with van der Waals surface area (Å²) < 4.78 is 13.7. The molecule has 4 nitrogen and oxygen atoms in total. The van der Waals surface area contributed by atoms with E-state index in [0.29, 0.717) is 12.8 Å². The second-order valence-electron chi connectivity index (χ2n) is 4.02. The summed E-state index contributed by atoms with van der Waals surface area (Å²) in [5.41, 5.74) is 11.6. The molecule has 1 saturated carbocycles. The maximum atomic E-state index is 13.7. The molecule has 0 aromatic heterocycles. The van der Waals surface area contributed by atoms with E-state index in [0.717, 1.165) is 0 Å². The fraction of sp³-hybridized carbons (Fsp3) is 0.400. The number of hydrogen-bond donors (Lipinski definition) is 4. The summed E-state index contributed by atoms with van der Waals surface area (Å²) in [6.45, 7) is 0. The van der Waals surface area contributed by atoms with Gasteiger partial charge in [-0.25, -0.2) is 4.39 Å². The summed E-state index contributed by atoms with van der Waals surface area (Å²) in [5.74, 6) is -0.638. The van der Waals surface area contributed by atoms with Gasteiger partial charge in [-0.2, -0.15) is 0 Å². The van der Waals surface area contributed by atoms with Gasteiger partial charge in [0.15, 0.2) is 5.82 Å². The van der Waals surface area contributed by atoms with E-state index in [-0.39, 0.29) is 34.2 Å². The summed E-state index contributed by atoms with van der Waals surface area (Å²) in [4.78, 5) is 0. The van der Waals surface area contributed by atoms with Crippen LogP contribution in [0.1, 0.15) is 12.8 Å². The molecule has 0 heterocycles. The number of aliphatic hydroxyl groups excluding tert-OH is 1. The summed E-state index contributed by atoms with van der Waals surface area (Å²) >= 11 is 5.68. The van der Waals surface area contributed by atoms with Crippen LogP contribution in [-0.4, -0.2) is 17.3 Å². The Hall–Kier alpha value is -1.20. The van der Waals surface area contributed by atoms with Crippen molar-refractivity contribution < 1.29 is 9.50 Å². The van der Waals surface area contributed by atoms with E-state index in [1.807, 2.05) is 0 Å². The first-order valence-electron chi connectivity index (χ1n) is 4.96. The number of halogens is 2. The molecule has 1 aromatic carbocycles. The lowest BCUT2D eigenvalue weighted by molar-refractivity contribution is 0.0835. The van der Waals surface area contributed by atoms with E-state index >= 15 is 0 Å². The molecule has 0 spiro atoms. The number of hydrogen-bond acceptors (Lipinski definition) is 4. The fourth-order valence-electron chi connectivity index (χ4n) is 1.72. The van der Waals surface area contributed by atoms with Crippen LogP contribution in [0.25, 0.3) is 0 Å². The summed E-state index contributed by atoms with van der Waals surface area (Å²) in [6, 6.07) is 1.45. The van der Waals surface area contributed by atoms with Crippen molar-refractivity contribution in [2.45, 2.75) is 25.0 Å². The van der Waals surface area contributed by atoms with Gasteiger partial charge in [0.2, 0.25) is 0 Å². The molecule has 0 aliphatic heterocycles. The normalized spacial score (nSPS) is 23.9. The molecule has 1 aromatic rings. The molecule has 0 saturated heterocycles. The Morgan fingerprint density at radius 2 is 2.00 bits per heavy atom. The lowest BCUT2D eigenvalue weighted by Gasteiger charge is -2.33. The number of rotatable bonds is 2. The van der Waals surface area contributed by atoms with Gasteiger partial charge in [-0.1, -0.05) is 11.6 Å². The summed E-state index contributed by atoms with van der Waals surface area (Å²) in [5, 5.41) is 11.9. The molecule has 0 radical (unpaired) electrons. The van der Waals surface area contributed by atoms with E-state index in [9.17, 15) is 4.39 Å². The van der Waals surface area contributed by atoms with Gasteiger partial charge in [-0.05, 0) is 18.9 Å². The van der Waals surface area contributed by atoms with Crippen molar-refractivity contribution in [1.29, 1.82) is 0 Å². The van der Waals surface area contributed by atoms with Crippen LogP contribution in [0.4, 0.5) is 21.5 Å². The minimum atomic E-state index is -0.638. The van der Waals surface area contributed by atoms with Gasteiger partial charge in [0.05, 0.1) is 23.2 Å². The zero-order valence-corrected chi connectivity index (χ0v) is 9.26. The Morgan fingerprint density at radius 1 is 1.38 bits per heavy atom. The van der Waals surface area contributed by atoms with Crippen LogP contribution in [0.2, 0.25) is 5.02 Å². The van der Waals surface area contributed by atoms with Gasteiger partial charge in [0, 0.05) is 6.04 Å². The molecule has 1 fully saturated rings. The Balaban J connectivity index is 2.23. The number of nitrogen functional groups attached to an aromatic ring is 2. The fourth-order valence-corrected chi connectivity index (χ4v) is 1.87. The van der Waals surface area contributed by atoms with E-state index < -0.39 is 5.82 Å². The number of benzene rings is 1. The van der Waals surface area contributed by atoms with Crippen molar-refractivity contribution in [3.05, 3.63) is 16.9 Å². The maximum absolute atomic E-state index is 13.7. The average Bonchev–Trinajstić information content (AvgIpc) is 2.18. The topological polar surface area (TPSA) is 84.3 Å². The molecule has 88 valence electrons. The summed E-state index contributed by atoms with van der Waals surface area (Å²) in [7, 11) is 0. The van der Waals surface area contributed by atoms with Crippen LogP contribution in [0.5, 0.6) is 0 Å². The highest BCUT2D eigenvalue weighted by molar-refractivity contribution is 6.33. The third kappa shape index (κ3) is 1.88. The first kappa shape index (κ1) is 11.3. The number of nitrogens with one attached hydrogen (secondary N) is 1. The van der Waals surface area contributed by atoms with Gasteiger partial charge in [-0.15, -0.1) is 0 Å². The van der Waals surface area contributed by atoms with Gasteiger partial charge in [0.25, 0.3) is 0 Å². The van der Waals surface area contributed by atoms with Crippen LogP contribution in [0.3, 0.4) is 0 Å². The SMILES string of the molecule is Nc1cc(N)c(NC2CC(O)C2)c(F)c1Cl. The molecule has 1 aliphatic rings. The van der Waals surface area contributed by atoms with Crippen molar-refractivity contribution >= 4 is 28.7 Å². The predicted octanol–water partition coefficient (Wildman–Crippen LogP) is 1.58. The van der Waals surface area contributed by atoms with Gasteiger partial charge < -0.3 is 21.9 Å². The number of anilines is 3. The number of aliphatic hydroxyl groups is 1. The number of nitrogens with two attached hydrogens (primary N) is 2. The maximum Gasteiger partial charge on any atom is 0.169 e. The van der Waals surface area contributed by atoms with Crippen molar-refractivity contribution in [3.8, 4) is 0 Å². The molecular formula is C10H13ClFN3O. The highest BCUT2D eigenvalue weighted by Gasteiger charge is 2.28. The minimum Gasteiger partial charge on any atom is -0.397 e. The van der Waals surface area contributed by atoms with Crippen molar-refractivity contribution in [2.24, 2.45) is 0 Å². The Bertz CT molecular complexity index is 421. The largest absolute Gasteiger partial charge is 0.397 e. The average molecular weight is 246 g/mol. The third-order valence-corrected chi connectivity index (χ3v) is 3.11. The molecular weight excluding hydrogens is 233 g/mol. The molecule has 0 bridgehead atoms. The highest BCUT2D eigenvalue weighted by Crippen LogP contribution is 2.35. The van der Waals surface area contributed by atoms with Crippen LogP contribution in [-0.2, 0) is 0 Å². The van der Waals surface area contributed by atoms with Crippen molar-refractivity contribution in [2.75, 3.05) is 16.8 Å². The zero-order valence-electron chi connectivity index (χ0n) is 8.50. The van der Waals surface area contributed by atoms with E-state index in [4.69, 9.17) is 28.2 Å². The second-order valence-corrected chi connectivity index (χ2v) is 4.40. The smallest absolute Gasteiger partial charge is 0.169 e. The quantitative estimate of drug-likeness (QED) is 0.596. The molecule has 0 amide bonds. The highest BCUT2D eigenvalue weighted by atomic mass is 35.5. The second kappa shape index (κ2) is 3.99. The molecule has 2 rings (SSSR count). The monoisotopic (exact) mass is 245 g/mol. The minimum absolute atomic E-state index is 0.0338. The van der Waals surface area contributed by atoms with Crippen LogP contribution < -0.4 is 16.8 Å². The first-order chi connectivity index (χ1) is 7.49. The van der Waals surface area contributed by atoms with E-state index in [2.05, 4.69) is 5.32 Å². The van der Waals surface area contributed by atoms with E-state index in [1.165, 1.54) is 6.07 Å². The van der Waals surface area contributed by atoms with Gasteiger partial charge >= 0.3 is 0 Å². The third-order valence-electron chi connectivity index (χ3n) is 2.73. The van der Waals surface area contributed by atoms with Crippen LogP contribution in [0, 0.1) is 5.82 Å². The first-order valence-corrected chi connectivity index (χ1v) is 5.34. The predicted molar refractivity (Wildman–Crippen MR) is 62.9 cm³/mol. The molecule has 0 unspecified atom stereocenters. The standard InChI is InChI=1S/C10H13ClFN3O/c11-8-6(13)3-7(14)10(9(8)12)15-4-1-5(16)2-4/h3-5,15-16H,1-2,13-14H2. The molecule has 0 atom stereocenters. The van der Waals surface area contributed by atoms with Crippen LogP contribution in [0.15, 0.2) is 6.07 Å². The molecule has 6 N–H and O–H groups in total. The van der Waals surface area contributed by atoms with E-state index in [1.54, 1.807) is 0 Å². The molecule has 16 heavy (non-hydrogen) atoms. The van der Waals surface area contributed by atoms with Gasteiger partial charge in [0.1, 0.15) is 5.02 Å².